The summed E-state index contributed by atoms with van der Waals surface area (Å²) in [6.45, 7) is 2.20. The fraction of sp³-hybridized carbons (Fsp3) is 0.500. The van der Waals surface area contributed by atoms with Gasteiger partial charge in [0.2, 0.25) is 5.91 Å². The van der Waals surface area contributed by atoms with E-state index in [1.165, 1.54) is 12.0 Å². The lowest BCUT2D eigenvalue weighted by molar-refractivity contribution is -0.146. The van der Waals surface area contributed by atoms with Crippen molar-refractivity contribution in [2.45, 2.75) is 26.2 Å². The highest BCUT2D eigenvalue weighted by molar-refractivity contribution is 5.97. The molecule has 0 spiro atoms. The summed E-state index contributed by atoms with van der Waals surface area (Å²) in [4.78, 5) is 37.5. The second-order valence-corrected chi connectivity index (χ2v) is 5.63. The van der Waals surface area contributed by atoms with E-state index in [0.717, 1.165) is 0 Å². The summed E-state index contributed by atoms with van der Waals surface area (Å²) in [7, 11) is 1.30. The van der Waals surface area contributed by atoms with Crippen LogP contribution in [0, 0.1) is 5.92 Å². The zero-order valence-electron chi connectivity index (χ0n) is 14.2. The molecule has 0 fully saturated rings. The van der Waals surface area contributed by atoms with Gasteiger partial charge in [-0.1, -0.05) is 37.3 Å². The van der Waals surface area contributed by atoms with Crippen LogP contribution >= 0.6 is 0 Å². The van der Waals surface area contributed by atoms with Crippen molar-refractivity contribution in [3.05, 3.63) is 35.9 Å². The lowest BCUT2D eigenvalue weighted by Crippen LogP contribution is -2.38. The van der Waals surface area contributed by atoms with Crippen LogP contribution in [-0.2, 0) is 14.3 Å². The van der Waals surface area contributed by atoms with Crippen molar-refractivity contribution in [1.29, 1.82) is 0 Å². The maximum Gasteiger partial charge on any atom is 0.310 e. The van der Waals surface area contributed by atoms with Gasteiger partial charge in [-0.2, -0.15) is 0 Å². The van der Waals surface area contributed by atoms with Crippen molar-refractivity contribution in [2.24, 2.45) is 5.92 Å². The third-order valence-electron chi connectivity index (χ3n) is 3.70. The summed E-state index contributed by atoms with van der Waals surface area (Å²) < 4.78 is 4.67. The smallest absolute Gasteiger partial charge is 0.310 e. The predicted octanol–water partition coefficient (Wildman–Crippen LogP) is 1.67. The summed E-state index contributed by atoms with van der Waals surface area (Å²) in [6, 6.07) is 8.82. The number of carbonyl (C=O) groups is 3. The summed E-state index contributed by atoms with van der Waals surface area (Å²) in [5.74, 6) is -1.14. The Bertz CT molecular complexity index is 544. The van der Waals surface area contributed by atoms with Crippen LogP contribution in [0.15, 0.2) is 30.3 Å². The molecule has 1 rings (SSSR count). The van der Waals surface area contributed by atoms with Gasteiger partial charge in [0.1, 0.15) is 0 Å². The minimum atomic E-state index is -0.456. The number of benzene rings is 1. The van der Waals surface area contributed by atoms with Crippen LogP contribution in [0.4, 0.5) is 0 Å². The molecule has 1 N–H and O–H groups in total. The molecule has 0 aliphatic rings. The number of rotatable bonds is 10. The Balaban J connectivity index is 2.60. The molecule has 1 unspecified atom stereocenters. The van der Waals surface area contributed by atoms with Crippen LogP contribution in [0.3, 0.4) is 0 Å². The molecule has 1 atom stereocenters. The number of esters is 1. The van der Waals surface area contributed by atoms with Crippen LogP contribution in [0.2, 0.25) is 0 Å². The van der Waals surface area contributed by atoms with Gasteiger partial charge in [0.25, 0.3) is 0 Å². The second kappa shape index (κ2) is 10.5. The van der Waals surface area contributed by atoms with Crippen molar-refractivity contribution in [3.63, 3.8) is 0 Å². The SMILES string of the molecule is COC(=O)C(C)CN(CCCO)C(=O)CCC(=O)c1ccccc1. The standard InChI is InChI=1S/C18H25NO5/c1-14(18(23)24-2)13-19(11-6-12-20)17(22)10-9-16(21)15-7-4-3-5-8-15/h3-5,7-8,14,20H,6,9-13H2,1-2H3. The van der Waals surface area contributed by atoms with E-state index < -0.39 is 11.9 Å². The molecule has 0 radical (unpaired) electrons. The fourth-order valence-electron chi connectivity index (χ4n) is 2.33. The lowest BCUT2D eigenvalue weighted by atomic mass is 10.1. The van der Waals surface area contributed by atoms with Gasteiger partial charge in [0.05, 0.1) is 13.0 Å². The first-order valence-electron chi connectivity index (χ1n) is 8.04. The maximum atomic E-state index is 12.4. The third-order valence-corrected chi connectivity index (χ3v) is 3.70. The molecular formula is C18H25NO5. The minimum Gasteiger partial charge on any atom is -0.469 e. The number of Topliss-reactive ketones (excluding diaryl/α,β-unsaturated/α-hetero) is 1. The topological polar surface area (TPSA) is 83.9 Å². The molecule has 0 aliphatic carbocycles. The van der Waals surface area contributed by atoms with Gasteiger partial charge >= 0.3 is 5.97 Å². The Hall–Kier alpha value is -2.21. The molecule has 0 heterocycles. The van der Waals surface area contributed by atoms with Crippen LogP contribution in [0.1, 0.15) is 36.5 Å². The summed E-state index contributed by atoms with van der Waals surface area (Å²) in [5, 5.41) is 8.97. The molecular weight excluding hydrogens is 310 g/mol. The number of aliphatic hydroxyl groups is 1. The van der Waals surface area contributed by atoms with Gasteiger partial charge in [-0.05, 0) is 6.42 Å². The number of ether oxygens (including phenoxy) is 1. The van der Waals surface area contributed by atoms with Crippen LogP contribution in [0.25, 0.3) is 0 Å². The first-order chi connectivity index (χ1) is 11.5. The normalized spacial score (nSPS) is 11.6. The highest BCUT2D eigenvalue weighted by atomic mass is 16.5. The Labute approximate surface area is 142 Å². The first-order valence-corrected chi connectivity index (χ1v) is 8.04. The van der Waals surface area contributed by atoms with Crippen molar-refractivity contribution < 1.29 is 24.2 Å². The van der Waals surface area contributed by atoms with Crippen molar-refractivity contribution >= 4 is 17.7 Å². The highest BCUT2D eigenvalue weighted by Gasteiger charge is 2.21. The number of methoxy groups -OCH3 is 1. The summed E-state index contributed by atoms with van der Waals surface area (Å²) >= 11 is 0. The van der Waals surface area contributed by atoms with Crippen molar-refractivity contribution in [3.8, 4) is 0 Å². The van der Waals surface area contributed by atoms with Crippen LogP contribution in [0.5, 0.6) is 0 Å². The van der Waals surface area contributed by atoms with E-state index in [2.05, 4.69) is 4.74 Å². The number of carbonyl (C=O) groups excluding carboxylic acids is 3. The van der Waals surface area contributed by atoms with E-state index in [9.17, 15) is 14.4 Å². The Morgan fingerprint density at radius 1 is 1.17 bits per heavy atom. The molecule has 1 amide bonds. The molecule has 6 heteroatoms. The number of hydrogen-bond donors (Lipinski definition) is 1. The Morgan fingerprint density at radius 2 is 1.83 bits per heavy atom. The fourth-order valence-corrected chi connectivity index (χ4v) is 2.33. The van der Waals surface area contributed by atoms with Crippen LogP contribution in [-0.4, -0.2) is 54.5 Å². The van der Waals surface area contributed by atoms with Gasteiger partial charge in [0.15, 0.2) is 5.78 Å². The molecule has 24 heavy (non-hydrogen) atoms. The molecule has 132 valence electrons. The number of hydrogen-bond acceptors (Lipinski definition) is 5. The van der Waals surface area contributed by atoms with E-state index in [0.29, 0.717) is 18.5 Å². The lowest BCUT2D eigenvalue weighted by Gasteiger charge is -2.25. The molecule has 1 aromatic carbocycles. The molecule has 0 bridgehead atoms. The van der Waals surface area contributed by atoms with Gasteiger partial charge in [-0.3, -0.25) is 14.4 Å². The van der Waals surface area contributed by atoms with E-state index in [-0.39, 0.29) is 37.7 Å². The monoisotopic (exact) mass is 335 g/mol. The van der Waals surface area contributed by atoms with Crippen molar-refractivity contribution in [2.75, 3.05) is 26.8 Å². The van der Waals surface area contributed by atoms with Gasteiger partial charge in [-0.15, -0.1) is 0 Å². The predicted molar refractivity (Wildman–Crippen MR) is 89.5 cm³/mol. The molecule has 0 aromatic heterocycles. The molecule has 1 aromatic rings. The van der Waals surface area contributed by atoms with E-state index in [1.807, 2.05) is 6.07 Å². The maximum absolute atomic E-state index is 12.4. The Morgan fingerprint density at radius 3 is 2.42 bits per heavy atom. The molecule has 0 saturated heterocycles. The van der Waals surface area contributed by atoms with E-state index in [1.54, 1.807) is 31.2 Å². The van der Waals surface area contributed by atoms with Gasteiger partial charge in [-0.25, -0.2) is 0 Å². The van der Waals surface area contributed by atoms with Crippen LogP contribution < -0.4 is 0 Å². The number of amides is 1. The largest absolute Gasteiger partial charge is 0.469 e. The highest BCUT2D eigenvalue weighted by Crippen LogP contribution is 2.10. The minimum absolute atomic E-state index is 0.0423. The Kier molecular flexibility index (Phi) is 8.71. The first kappa shape index (κ1) is 19.8. The third kappa shape index (κ3) is 6.50. The van der Waals surface area contributed by atoms with E-state index >= 15 is 0 Å². The van der Waals surface area contributed by atoms with Gasteiger partial charge < -0.3 is 14.7 Å². The number of nitrogens with zero attached hydrogens (tertiary/aromatic N) is 1. The molecule has 0 aliphatic heterocycles. The number of ketones is 1. The second-order valence-electron chi connectivity index (χ2n) is 5.63. The van der Waals surface area contributed by atoms with Gasteiger partial charge in [0, 0.05) is 38.1 Å². The molecule has 6 nitrogen and oxygen atoms in total. The average Bonchev–Trinajstić information content (AvgIpc) is 2.62. The quantitative estimate of drug-likeness (QED) is 0.519. The number of aliphatic hydroxyl groups excluding tert-OH is 1. The van der Waals surface area contributed by atoms with E-state index in [4.69, 9.17) is 5.11 Å². The molecule has 0 saturated carbocycles. The average molecular weight is 335 g/mol. The van der Waals surface area contributed by atoms with Crippen molar-refractivity contribution in [1.82, 2.24) is 4.90 Å². The zero-order chi connectivity index (χ0) is 17.9. The summed E-state index contributed by atoms with van der Waals surface area (Å²) in [6.07, 6.45) is 0.615. The zero-order valence-corrected chi connectivity index (χ0v) is 14.2. The summed E-state index contributed by atoms with van der Waals surface area (Å²) in [5.41, 5.74) is 0.579.